The third-order valence-corrected chi connectivity index (χ3v) is 5.32. The van der Waals surface area contributed by atoms with Gasteiger partial charge in [0.05, 0.1) is 10.5 Å². The van der Waals surface area contributed by atoms with E-state index in [0.717, 1.165) is 31.2 Å². The van der Waals surface area contributed by atoms with Crippen molar-refractivity contribution in [3.05, 3.63) is 29.3 Å². The van der Waals surface area contributed by atoms with E-state index in [2.05, 4.69) is 0 Å². The van der Waals surface area contributed by atoms with Gasteiger partial charge >= 0.3 is 0 Å². The minimum atomic E-state index is -3.94. The highest BCUT2D eigenvalue weighted by Gasteiger charge is 2.28. The van der Waals surface area contributed by atoms with E-state index < -0.39 is 9.05 Å². The van der Waals surface area contributed by atoms with Crippen molar-refractivity contribution in [3.8, 4) is 0 Å². The molecular weight excluding hydrogens is 310 g/mol. The number of hydrogen-bond acceptors (Lipinski definition) is 3. The molecule has 1 saturated heterocycles. The van der Waals surface area contributed by atoms with E-state index in [1.165, 1.54) is 6.07 Å². The van der Waals surface area contributed by atoms with E-state index in [-0.39, 0.29) is 22.4 Å². The molecule has 0 radical (unpaired) electrons. The third kappa shape index (κ3) is 3.77. The SMILES string of the molecule is Cc1ccc(S(=O)(=O)Cl)c(C(=O)N2CCCCCC2C)c1. The zero-order valence-corrected chi connectivity index (χ0v) is 13.9. The van der Waals surface area contributed by atoms with E-state index in [0.29, 0.717) is 6.54 Å². The van der Waals surface area contributed by atoms with Gasteiger partial charge in [0.25, 0.3) is 15.0 Å². The fourth-order valence-electron chi connectivity index (χ4n) is 2.75. The maximum Gasteiger partial charge on any atom is 0.262 e. The molecule has 0 bridgehead atoms. The van der Waals surface area contributed by atoms with Gasteiger partial charge in [-0.3, -0.25) is 4.79 Å². The zero-order chi connectivity index (χ0) is 15.6. The molecule has 4 nitrogen and oxygen atoms in total. The van der Waals surface area contributed by atoms with Gasteiger partial charge in [-0.15, -0.1) is 0 Å². The fraction of sp³-hybridized carbons (Fsp3) is 0.533. The van der Waals surface area contributed by atoms with Crippen LogP contribution in [0, 0.1) is 6.92 Å². The van der Waals surface area contributed by atoms with Crippen molar-refractivity contribution in [2.75, 3.05) is 6.54 Å². The molecule has 0 aromatic heterocycles. The highest BCUT2D eigenvalue weighted by Crippen LogP contribution is 2.25. The molecule has 1 atom stereocenters. The van der Waals surface area contributed by atoms with Crippen molar-refractivity contribution in [2.24, 2.45) is 0 Å². The van der Waals surface area contributed by atoms with Crippen LogP contribution in [0.1, 0.15) is 48.5 Å². The van der Waals surface area contributed by atoms with Crippen LogP contribution in [0.4, 0.5) is 0 Å². The number of benzene rings is 1. The molecule has 1 amide bonds. The largest absolute Gasteiger partial charge is 0.336 e. The number of carbonyl (C=O) groups excluding carboxylic acids is 1. The van der Waals surface area contributed by atoms with Crippen LogP contribution in [0.25, 0.3) is 0 Å². The molecule has 1 aromatic carbocycles. The molecule has 0 saturated carbocycles. The number of nitrogens with zero attached hydrogens (tertiary/aromatic N) is 1. The Kier molecular flexibility index (Phi) is 4.94. The van der Waals surface area contributed by atoms with Crippen LogP contribution in [0.2, 0.25) is 0 Å². The first kappa shape index (κ1) is 16.3. The Labute approximate surface area is 130 Å². The molecule has 0 aliphatic carbocycles. The van der Waals surface area contributed by atoms with Crippen LogP contribution in [0.5, 0.6) is 0 Å². The lowest BCUT2D eigenvalue weighted by Crippen LogP contribution is -2.38. The van der Waals surface area contributed by atoms with E-state index >= 15 is 0 Å². The Morgan fingerprint density at radius 1 is 1.29 bits per heavy atom. The summed E-state index contributed by atoms with van der Waals surface area (Å²) in [4.78, 5) is 14.5. The third-order valence-electron chi connectivity index (χ3n) is 3.94. The van der Waals surface area contributed by atoms with Gasteiger partial charge in [0.15, 0.2) is 0 Å². The highest BCUT2D eigenvalue weighted by atomic mass is 35.7. The Morgan fingerprint density at radius 2 is 2.00 bits per heavy atom. The zero-order valence-electron chi connectivity index (χ0n) is 12.3. The van der Waals surface area contributed by atoms with E-state index in [1.807, 2.05) is 13.8 Å². The van der Waals surface area contributed by atoms with Crippen molar-refractivity contribution < 1.29 is 13.2 Å². The number of likely N-dealkylation sites (tertiary alicyclic amines) is 1. The summed E-state index contributed by atoms with van der Waals surface area (Å²) in [6, 6.07) is 4.78. The number of hydrogen-bond donors (Lipinski definition) is 0. The van der Waals surface area contributed by atoms with Crippen LogP contribution < -0.4 is 0 Å². The van der Waals surface area contributed by atoms with E-state index in [9.17, 15) is 13.2 Å². The van der Waals surface area contributed by atoms with Crippen LogP contribution in [-0.4, -0.2) is 31.8 Å². The predicted molar refractivity (Wildman–Crippen MR) is 83.2 cm³/mol. The van der Waals surface area contributed by atoms with Crippen LogP contribution in [-0.2, 0) is 9.05 Å². The normalized spacial score (nSPS) is 20.1. The van der Waals surface area contributed by atoms with Crippen LogP contribution in [0.15, 0.2) is 23.1 Å². The van der Waals surface area contributed by atoms with E-state index in [4.69, 9.17) is 10.7 Å². The maximum absolute atomic E-state index is 12.8. The molecule has 1 unspecified atom stereocenters. The van der Waals surface area contributed by atoms with E-state index in [1.54, 1.807) is 17.0 Å². The summed E-state index contributed by atoms with van der Waals surface area (Å²) in [5.41, 5.74) is 1.02. The minimum Gasteiger partial charge on any atom is -0.336 e. The molecule has 1 aromatic rings. The molecule has 1 aliphatic rings. The number of halogens is 1. The molecular formula is C15H20ClNO3S. The molecule has 0 N–H and O–H groups in total. The van der Waals surface area contributed by atoms with Crippen molar-refractivity contribution >= 4 is 25.6 Å². The monoisotopic (exact) mass is 329 g/mol. The lowest BCUT2D eigenvalue weighted by Gasteiger charge is -2.28. The predicted octanol–water partition coefficient (Wildman–Crippen LogP) is 3.33. The second-order valence-corrected chi connectivity index (χ2v) is 8.17. The molecule has 1 aliphatic heterocycles. The van der Waals surface area contributed by atoms with Gasteiger partial charge in [-0.05, 0) is 38.8 Å². The van der Waals surface area contributed by atoms with Gasteiger partial charge in [-0.2, -0.15) is 0 Å². The van der Waals surface area contributed by atoms with Crippen LogP contribution >= 0.6 is 10.7 Å². The molecule has 2 rings (SSSR count). The summed E-state index contributed by atoms with van der Waals surface area (Å²) in [5.74, 6) is -0.243. The summed E-state index contributed by atoms with van der Waals surface area (Å²) in [5, 5.41) is 0. The summed E-state index contributed by atoms with van der Waals surface area (Å²) >= 11 is 0. The van der Waals surface area contributed by atoms with Gasteiger partial charge in [0.1, 0.15) is 0 Å². The minimum absolute atomic E-state index is 0.101. The van der Waals surface area contributed by atoms with Gasteiger partial charge in [0.2, 0.25) is 0 Å². The van der Waals surface area contributed by atoms with Crippen molar-refractivity contribution in [2.45, 2.75) is 50.5 Å². The topological polar surface area (TPSA) is 54.5 Å². The number of carbonyl (C=O) groups is 1. The van der Waals surface area contributed by atoms with Crippen molar-refractivity contribution in [1.29, 1.82) is 0 Å². The Balaban J connectivity index is 2.44. The summed E-state index contributed by atoms with van der Waals surface area (Å²) in [6.07, 6.45) is 4.09. The Bertz CT molecular complexity index is 642. The molecule has 1 fully saturated rings. The maximum atomic E-state index is 12.8. The Morgan fingerprint density at radius 3 is 2.67 bits per heavy atom. The number of amides is 1. The van der Waals surface area contributed by atoms with Crippen molar-refractivity contribution in [3.63, 3.8) is 0 Å². The van der Waals surface area contributed by atoms with Gasteiger partial charge < -0.3 is 4.90 Å². The highest BCUT2D eigenvalue weighted by molar-refractivity contribution is 8.13. The number of aryl methyl sites for hydroxylation is 1. The molecule has 1 heterocycles. The lowest BCUT2D eigenvalue weighted by atomic mass is 10.1. The van der Waals surface area contributed by atoms with Gasteiger partial charge in [-0.1, -0.05) is 24.5 Å². The average molecular weight is 330 g/mol. The summed E-state index contributed by atoms with van der Waals surface area (Å²) in [6.45, 7) is 4.50. The Hall–Kier alpha value is -1.07. The fourth-order valence-corrected chi connectivity index (χ4v) is 3.80. The quantitative estimate of drug-likeness (QED) is 0.782. The van der Waals surface area contributed by atoms with Crippen LogP contribution in [0.3, 0.4) is 0 Å². The summed E-state index contributed by atoms with van der Waals surface area (Å²) in [7, 11) is 1.53. The average Bonchev–Trinajstić information content (AvgIpc) is 2.61. The molecule has 116 valence electrons. The second kappa shape index (κ2) is 6.36. The van der Waals surface area contributed by atoms with Gasteiger partial charge in [0, 0.05) is 23.3 Å². The number of rotatable bonds is 2. The summed E-state index contributed by atoms with van der Waals surface area (Å²) < 4.78 is 23.4. The first-order chi connectivity index (χ1) is 9.80. The standard InChI is InChI=1S/C15H20ClNO3S/c1-11-7-8-14(21(16,19)20)13(10-11)15(18)17-9-5-3-4-6-12(17)2/h7-8,10,12H,3-6,9H2,1-2H3. The van der Waals surface area contributed by atoms with Gasteiger partial charge in [-0.25, -0.2) is 8.42 Å². The molecule has 0 spiro atoms. The first-order valence-electron chi connectivity index (χ1n) is 7.17. The lowest BCUT2D eigenvalue weighted by molar-refractivity contribution is 0.0694. The molecule has 21 heavy (non-hydrogen) atoms. The second-order valence-electron chi connectivity index (χ2n) is 5.63. The van der Waals surface area contributed by atoms with Crippen molar-refractivity contribution in [1.82, 2.24) is 4.90 Å². The first-order valence-corrected chi connectivity index (χ1v) is 9.48. The molecule has 6 heteroatoms. The smallest absolute Gasteiger partial charge is 0.262 e.